The summed E-state index contributed by atoms with van der Waals surface area (Å²) < 4.78 is 1.01. The van der Waals surface area contributed by atoms with Crippen molar-refractivity contribution in [3.8, 4) is 11.3 Å². The number of nitrogens with zero attached hydrogens (tertiary/aromatic N) is 1. The molecular weight excluding hydrogens is 380 g/mol. The maximum absolute atomic E-state index is 11.8. The number of carbonyl (C=O) groups excluding carboxylic acids is 2. The molecular formula is C15H17BrN4O2S. The molecule has 4 N–H and O–H groups in total. The Balaban J connectivity index is 1.95. The number of halogens is 1. The Morgan fingerprint density at radius 3 is 2.65 bits per heavy atom. The quantitative estimate of drug-likeness (QED) is 0.693. The molecule has 8 heteroatoms. The third-order valence-corrected chi connectivity index (χ3v) is 4.60. The van der Waals surface area contributed by atoms with E-state index < -0.39 is 0 Å². The summed E-state index contributed by atoms with van der Waals surface area (Å²) in [6, 6.07) is 7.65. The molecule has 6 nitrogen and oxygen atoms in total. The van der Waals surface area contributed by atoms with E-state index in [1.54, 1.807) is 0 Å². The second kappa shape index (κ2) is 8.19. The Kier molecular flexibility index (Phi) is 6.26. The minimum Gasteiger partial charge on any atom is -0.346 e. The van der Waals surface area contributed by atoms with Crippen molar-refractivity contribution in [2.45, 2.75) is 13.0 Å². The summed E-state index contributed by atoms with van der Waals surface area (Å²) in [5.74, 6) is -0.640. The van der Waals surface area contributed by atoms with E-state index in [4.69, 9.17) is 5.73 Å². The van der Waals surface area contributed by atoms with E-state index >= 15 is 0 Å². The lowest BCUT2D eigenvalue weighted by molar-refractivity contribution is -0.125. The molecule has 0 saturated carbocycles. The third-order valence-electron chi connectivity index (χ3n) is 3.04. The Morgan fingerprint density at radius 1 is 1.30 bits per heavy atom. The number of nitrogens with two attached hydrogens (primary N) is 1. The number of aromatic nitrogens is 1. The molecule has 0 aliphatic heterocycles. The summed E-state index contributed by atoms with van der Waals surface area (Å²) in [6.07, 6.45) is 0. The molecule has 0 aliphatic carbocycles. The molecule has 0 bridgehead atoms. The monoisotopic (exact) mass is 396 g/mol. The van der Waals surface area contributed by atoms with E-state index in [1.165, 1.54) is 11.3 Å². The highest BCUT2D eigenvalue weighted by molar-refractivity contribution is 9.10. The maximum Gasteiger partial charge on any atom is 0.239 e. The van der Waals surface area contributed by atoms with Gasteiger partial charge in [-0.2, -0.15) is 0 Å². The van der Waals surface area contributed by atoms with Crippen LogP contribution in [0, 0.1) is 0 Å². The number of hydrogen-bond donors (Lipinski definition) is 3. The Morgan fingerprint density at radius 2 is 2.00 bits per heavy atom. The van der Waals surface area contributed by atoms with Crippen molar-refractivity contribution in [2.75, 3.05) is 13.1 Å². The molecule has 0 spiro atoms. The van der Waals surface area contributed by atoms with E-state index in [9.17, 15) is 9.59 Å². The second-order valence-corrected chi connectivity index (χ2v) is 6.65. The average molecular weight is 397 g/mol. The van der Waals surface area contributed by atoms with E-state index in [0.717, 1.165) is 20.7 Å². The van der Waals surface area contributed by atoms with Gasteiger partial charge in [0.2, 0.25) is 11.8 Å². The van der Waals surface area contributed by atoms with Gasteiger partial charge in [-0.05, 0) is 19.1 Å². The second-order valence-electron chi connectivity index (χ2n) is 4.85. The summed E-state index contributed by atoms with van der Waals surface area (Å²) in [4.78, 5) is 27.3. The van der Waals surface area contributed by atoms with Gasteiger partial charge in [-0.1, -0.05) is 28.1 Å². The van der Waals surface area contributed by atoms with E-state index in [-0.39, 0.29) is 30.9 Å². The van der Waals surface area contributed by atoms with E-state index in [0.29, 0.717) is 0 Å². The first-order valence-corrected chi connectivity index (χ1v) is 8.64. The van der Waals surface area contributed by atoms with Crippen LogP contribution in [-0.2, 0) is 9.59 Å². The number of nitrogens with one attached hydrogen (secondary N) is 2. The van der Waals surface area contributed by atoms with Gasteiger partial charge in [-0.3, -0.25) is 9.59 Å². The molecule has 0 radical (unpaired) electrons. The van der Waals surface area contributed by atoms with Crippen LogP contribution in [-0.4, -0.2) is 29.9 Å². The molecule has 1 aromatic heterocycles. The van der Waals surface area contributed by atoms with Crippen molar-refractivity contribution in [1.82, 2.24) is 15.6 Å². The van der Waals surface area contributed by atoms with Gasteiger partial charge in [0.15, 0.2) is 0 Å². The van der Waals surface area contributed by atoms with Gasteiger partial charge in [0.1, 0.15) is 5.01 Å². The highest BCUT2D eigenvalue weighted by atomic mass is 79.9. The number of carbonyl (C=O) groups is 2. The summed E-state index contributed by atoms with van der Waals surface area (Å²) in [5, 5.41) is 7.99. The van der Waals surface area contributed by atoms with Crippen LogP contribution in [0.1, 0.15) is 18.0 Å². The number of benzene rings is 1. The summed E-state index contributed by atoms with van der Waals surface area (Å²) >= 11 is 4.88. The minimum atomic E-state index is -0.362. The van der Waals surface area contributed by atoms with Gasteiger partial charge in [0.05, 0.1) is 24.8 Å². The zero-order valence-corrected chi connectivity index (χ0v) is 14.9. The van der Waals surface area contributed by atoms with Crippen molar-refractivity contribution in [3.05, 3.63) is 39.1 Å². The SMILES string of the molecule is CC(NC(=O)CNC(=O)CN)c1nc(-c2ccc(Br)cc2)cs1. The lowest BCUT2D eigenvalue weighted by Crippen LogP contribution is -2.40. The molecule has 23 heavy (non-hydrogen) atoms. The molecule has 2 rings (SSSR count). The molecule has 1 aromatic carbocycles. The van der Waals surface area contributed by atoms with Crippen molar-refractivity contribution in [1.29, 1.82) is 0 Å². The van der Waals surface area contributed by atoms with Crippen molar-refractivity contribution >= 4 is 39.1 Å². The van der Waals surface area contributed by atoms with Crippen LogP contribution in [0.5, 0.6) is 0 Å². The molecule has 1 unspecified atom stereocenters. The van der Waals surface area contributed by atoms with Crippen LogP contribution in [0.2, 0.25) is 0 Å². The molecule has 1 heterocycles. The number of amides is 2. The van der Waals surface area contributed by atoms with Crippen LogP contribution in [0.15, 0.2) is 34.1 Å². The molecule has 2 amide bonds. The minimum absolute atomic E-state index is 0.0919. The number of thiazole rings is 1. The van der Waals surface area contributed by atoms with Crippen LogP contribution in [0.25, 0.3) is 11.3 Å². The zero-order chi connectivity index (χ0) is 16.8. The lowest BCUT2D eigenvalue weighted by atomic mass is 10.2. The van der Waals surface area contributed by atoms with Gasteiger partial charge in [0, 0.05) is 15.4 Å². The normalized spacial score (nSPS) is 11.8. The van der Waals surface area contributed by atoms with Gasteiger partial charge >= 0.3 is 0 Å². The first-order chi connectivity index (χ1) is 11.0. The first kappa shape index (κ1) is 17.6. The standard InChI is InChI=1S/C15H17BrN4O2S/c1-9(19-14(22)7-18-13(21)6-17)15-20-12(8-23-15)10-2-4-11(16)5-3-10/h2-5,8-9H,6-7,17H2,1H3,(H,18,21)(H,19,22). The fraction of sp³-hybridized carbons (Fsp3) is 0.267. The van der Waals surface area contributed by atoms with Crippen LogP contribution >= 0.6 is 27.3 Å². The summed E-state index contributed by atoms with van der Waals surface area (Å²) in [7, 11) is 0. The fourth-order valence-corrected chi connectivity index (χ4v) is 2.94. The Labute approximate surface area is 146 Å². The Bertz CT molecular complexity index is 687. The molecule has 122 valence electrons. The lowest BCUT2D eigenvalue weighted by Gasteiger charge is -2.11. The van der Waals surface area contributed by atoms with Crippen LogP contribution in [0.3, 0.4) is 0 Å². The van der Waals surface area contributed by atoms with Crippen LogP contribution < -0.4 is 16.4 Å². The van der Waals surface area contributed by atoms with Crippen LogP contribution in [0.4, 0.5) is 0 Å². The summed E-state index contributed by atoms with van der Waals surface area (Å²) in [5.41, 5.74) is 7.05. The molecule has 2 aromatic rings. The first-order valence-electron chi connectivity index (χ1n) is 6.97. The topological polar surface area (TPSA) is 97.1 Å². The van der Waals surface area contributed by atoms with Gasteiger partial charge in [-0.25, -0.2) is 4.98 Å². The average Bonchev–Trinajstić information content (AvgIpc) is 3.03. The third kappa shape index (κ3) is 5.12. The van der Waals surface area contributed by atoms with Crippen molar-refractivity contribution in [2.24, 2.45) is 5.73 Å². The molecule has 0 aliphatic rings. The zero-order valence-electron chi connectivity index (χ0n) is 12.5. The highest BCUT2D eigenvalue weighted by Crippen LogP contribution is 2.26. The van der Waals surface area contributed by atoms with Crippen molar-refractivity contribution < 1.29 is 9.59 Å². The van der Waals surface area contributed by atoms with Gasteiger partial charge in [-0.15, -0.1) is 11.3 Å². The molecule has 0 fully saturated rings. The fourth-order valence-electron chi connectivity index (χ4n) is 1.85. The largest absolute Gasteiger partial charge is 0.346 e. The molecule has 0 saturated heterocycles. The number of rotatable bonds is 6. The maximum atomic E-state index is 11.8. The van der Waals surface area contributed by atoms with Gasteiger partial charge < -0.3 is 16.4 Å². The van der Waals surface area contributed by atoms with Crippen molar-refractivity contribution in [3.63, 3.8) is 0 Å². The smallest absolute Gasteiger partial charge is 0.239 e. The Hall–Kier alpha value is -1.77. The number of hydrogen-bond acceptors (Lipinski definition) is 5. The predicted molar refractivity (Wildman–Crippen MR) is 93.9 cm³/mol. The van der Waals surface area contributed by atoms with Gasteiger partial charge in [0.25, 0.3) is 0 Å². The predicted octanol–water partition coefficient (Wildman–Crippen LogP) is 1.82. The van der Waals surface area contributed by atoms with E-state index in [1.807, 2.05) is 36.6 Å². The highest BCUT2D eigenvalue weighted by Gasteiger charge is 2.14. The molecule has 1 atom stereocenters. The van der Waals surface area contributed by atoms with E-state index in [2.05, 4.69) is 31.5 Å². The summed E-state index contributed by atoms with van der Waals surface area (Å²) in [6.45, 7) is 1.63.